The number of nitrogens with two attached hydrogens (primary N) is 1. The Labute approximate surface area is 82.0 Å². The number of fused-ring (bicyclic) bond motifs is 1. The fraction of sp³-hybridized carbons (Fsp3) is 0.273. The van der Waals surface area contributed by atoms with Crippen molar-refractivity contribution in [1.29, 1.82) is 0 Å². The van der Waals surface area contributed by atoms with Gasteiger partial charge in [0.2, 0.25) is 0 Å². The Morgan fingerprint density at radius 1 is 1.21 bits per heavy atom. The van der Waals surface area contributed by atoms with Gasteiger partial charge in [0.15, 0.2) is 0 Å². The average Bonchev–Trinajstić information content (AvgIpc) is 2.97. The van der Waals surface area contributed by atoms with Crippen LogP contribution in [0.2, 0.25) is 0 Å². The molecule has 3 heteroatoms. The van der Waals surface area contributed by atoms with Crippen molar-refractivity contribution in [3.05, 3.63) is 36.3 Å². The normalized spacial score (nSPS) is 18.4. The number of nitrogens with zero attached hydrogens (tertiary/aromatic N) is 2. The van der Waals surface area contributed by atoms with Gasteiger partial charge in [-0.1, -0.05) is 18.2 Å². The van der Waals surface area contributed by atoms with Crippen LogP contribution < -0.4 is 5.73 Å². The number of aromatic nitrogens is 2. The van der Waals surface area contributed by atoms with Gasteiger partial charge in [0.05, 0.1) is 11.1 Å². The Hall–Kier alpha value is -1.48. The Morgan fingerprint density at radius 2 is 2.00 bits per heavy atom. The summed E-state index contributed by atoms with van der Waals surface area (Å²) in [5.41, 5.74) is 6.78. The van der Waals surface area contributed by atoms with Crippen molar-refractivity contribution >= 4 is 10.9 Å². The van der Waals surface area contributed by atoms with Crippen molar-refractivity contribution in [3.63, 3.8) is 0 Å². The summed E-state index contributed by atoms with van der Waals surface area (Å²) < 4.78 is 0. The lowest BCUT2D eigenvalue weighted by molar-refractivity contribution is 0.677. The smallest absolute Gasteiger partial charge is 0.148 e. The minimum Gasteiger partial charge on any atom is -0.319 e. The molecule has 1 saturated carbocycles. The topological polar surface area (TPSA) is 51.8 Å². The summed E-state index contributed by atoms with van der Waals surface area (Å²) in [6.45, 7) is 0. The first-order chi connectivity index (χ1) is 6.78. The minimum atomic E-state index is -0.232. The Balaban J connectivity index is 2.20. The van der Waals surface area contributed by atoms with Gasteiger partial charge < -0.3 is 5.73 Å². The first-order valence-corrected chi connectivity index (χ1v) is 4.79. The highest BCUT2D eigenvalue weighted by atomic mass is 15.0. The van der Waals surface area contributed by atoms with Crippen LogP contribution in [0.15, 0.2) is 30.5 Å². The Kier molecular flexibility index (Phi) is 1.42. The minimum absolute atomic E-state index is 0.232. The number of hydrogen-bond acceptors (Lipinski definition) is 3. The van der Waals surface area contributed by atoms with Crippen molar-refractivity contribution in [2.45, 2.75) is 18.4 Å². The third-order valence-corrected chi connectivity index (χ3v) is 2.72. The Morgan fingerprint density at radius 3 is 2.79 bits per heavy atom. The molecule has 3 nitrogen and oxygen atoms in total. The molecule has 1 fully saturated rings. The predicted molar refractivity (Wildman–Crippen MR) is 54.6 cm³/mol. The molecule has 0 amide bonds. The van der Waals surface area contributed by atoms with Crippen LogP contribution >= 0.6 is 0 Å². The van der Waals surface area contributed by atoms with Crippen LogP contribution in [-0.4, -0.2) is 9.97 Å². The van der Waals surface area contributed by atoms with Crippen molar-refractivity contribution in [1.82, 2.24) is 9.97 Å². The number of para-hydroxylation sites is 1. The predicted octanol–water partition coefficient (Wildman–Crippen LogP) is 1.58. The van der Waals surface area contributed by atoms with Crippen LogP contribution in [0.4, 0.5) is 0 Å². The number of hydrogen-bond donors (Lipinski definition) is 1. The van der Waals surface area contributed by atoms with E-state index in [1.807, 2.05) is 30.5 Å². The van der Waals surface area contributed by atoms with Gasteiger partial charge >= 0.3 is 0 Å². The maximum atomic E-state index is 6.03. The van der Waals surface area contributed by atoms with E-state index in [4.69, 9.17) is 5.73 Å². The standard InChI is InChI=1S/C11H11N3/c12-11(5-6-11)10-13-7-8-3-1-2-4-9(8)14-10/h1-4,7H,5-6,12H2. The van der Waals surface area contributed by atoms with Crippen molar-refractivity contribution < 1.29 is 0 Å². The van der Waals surface area contributed by atoms with Crippen LogP contribution in [0, 0.1) is 0 Å². The van der Waals surface area contributed by atoms with Gasteiger partial charge in [-0.25, -0.2) is 9.97 Å². The summed E-state index contributed by atoms with van der Waals surface area (Å²) in [7, 11) is 0. The SMILES string of the molecule is NC1(c2ncc3ccccc3n2)CC1. The van der Waals surface area contributed by atoms with E-state index in [1.54, 1.807) is 0 Å². The van der Waals surface area contributed by atoms with E-state index in [2.05, 4.69) is 9.97 Å². The zero-order valence-electron chi connectivity index (χ0n) is 7.77. The van der Waals surface area contributed by atoms with Crippen molar-refractivity contribution in [2.24, 2.45) is 5.73 Å². The highest BCUT2D eigenvalue weighted by Crippen LogP contribution is 2.40. The lowest BCUT2D eigenvalue weighted by atomic mass is 10.2. The van der Waals surface area contributed by atoms with E-state index in [0.717, 1.165) is 29.6 Å². The van der Waals surface area contributed by atoms with E-state index in [1.165, 1.54) is 0 Å². The van der Waals surface area contributed by atoms with Gasteiger partial charge in [0.25, 0.3) is 0 Å². The van der Waals surface area contributed by atoms with E-state index >= 15 is 0 Å². The third kappa shape index (κ3) is 1.09. The van der Waals surface area contributed by atoms with Crippen LogP contribution in [-0.2, 0) is 5.54 Å². The Bertz CT molecular complexity index is 489. The molecule has 3 rings (SSSR count). The lowest BCUT2D eigenvalue weighted by Crippen LogP contribution is -2.21. The molecule has 0 atom stereocenters. The summed E-state index contributed by atoms with van der Waals surface area (Å²) in [5, 5.41) is 1.07. The summed E-state index contributed by atoms with van der Waals surface area (Å²) >= 11 is 0. The maximum absolute atomic E-state index is 6.03. The van der Waals surface area contributed by atoms with Crippen molar-refractivity contribution in [2.75, 3.05) is 0 Å². The molecular weight excluding hydrogens is 174 g/mol. The first kappa shape index (κ1) is 7.88. The molecule has 1 heterocycles. The van der Waals surface area contributed by atoms with Crippen molar-refractivity contribution in [3.8, 4) is 0 Å². The quantitative estimate of drug-likeness (QED) is 0.733. The molecule has 0 saturated heterocycles. The molecule has 14 heavy (non-hydrogen) atoms. The molecule has 1 aliphatic rings. The maximum Gasteiger partial charge on any atom is 0.148 e. The summed E-state index contributed by atoms with van der Waals surface area (Å²) in [6.07, 6.45) is 3.86. The van der Waals surface area contributed by atoms with Crippen LogP contribution in [0.3, 0.4) is 0 Å². The molecule has 0 radical (unpaired) electrons. The second-order valence-electron chi connectivity index (χ2n) is 3.91. The molecule has 0 spiro atoms. The second-order valence-corrected chi connectivity index (χ2v) is 3.91. The van der Waals surface area contributed by atoms with Gasteiger partial charge in [-0.2, -0.15) is 0 Å². The molecule has 0 unspecified atom stereocenters. The average molecular weight is 185 g/mol. The first-order valence-electron chi connectivity index (χ1n) is 4.79. The highest BCUT2D eigenvalue weighted by Gasteiger charge is 2.42. The van der Waals surface area contributed by atoms with Gasteiger partial charge in [0.1, 0.15) is 5.82 Å². The molecule has 0 bridgehead atoms. The van der Waals surface area contributed by atoms with Crippen LogP contribution in [0.1, 0.15) is 18.7 Å². The zero-order valence-corrected chi connectivity index (χ0v) is 7.77. The molecular formula is C11H11N3. The number of benzene rings is 1. The third-order valence-electron chi connectivity index (χ3n) is 2.72. The fourth-order valence-electron chi connectivity index (χ4n) is 1.57. The summed E-state index contributed by atoms with van der Waals surface area (Å²) in [5.74, 6) is 0.788. The molecule has 0 aliphatic heterocycles. The van der Waals surface area contributed by atoms with Gasteiger partial charge in [-0.3, -0.25) is 0 Å². The molecule has 1 aromatic carbocycles. The van der Waals surface area contributed by atoms with Gasteiger partial charge in [-0.05, 0) is 18.9 Å². The molecule has 2 N–H and O–H groups in total. The molecule has 70 valence electrons. The molecule has 1 aromatic heterocycles. The number of rotatable bonds is 1. The molecule has 2 aromatic rings. The van der Waals surface area contributed by atoms with E-state index < -0.39 is 0 Å². The summed E-state index contributed by atoms with van der Waals surface area (Å²) in [4.78, 5) is 8.78. The highest BCUT2D eigenvalue weighted by molar-refractivity contribution is 5.77. The molecule has 1 aliphatic carbocycles. The van der Waals surface area contributed by atoms with Gasteiger partial charge in [0, 0.05) is 11.6 Å². The fourth-order valence-corrected chi connectivity index (χ4v) is 1.57. The lowest BCUT2D eigenvalue weighted by Gasteiger charge is -2.06. The van der Waals surface area contributed by atoms with E-state index in [9.17, 15) is 0 Å². The van der Waals surface area contributed by atoms with Crippen LogP contribution in [0.5, 0.6) is 0 Å². The van der Waals surface area contributed by atoms with Crippen LogP contribution in [0.25, 0.3) is 10.9 Å². The summed E-state index contributed by atoms with van der Waals surface area (Å²) in [6, 6.07) is 7.97. The van der Waals surface area contributed by atoms with E-state index in [-0.39, 0.29) is 5.54 Å². The van der Waals surface area contributed by atoms with Gasteiger partial charge in [-0.15, -0.1) is 0 Å². The zero-order chi connectivity index (χ0) is 9.60. The second kappa shape index (κ2) is 2.51. The largest absolute Gasteiger partial charge is 0.319 e. The monoisotopic (exact) mass is 185 g/mol. The van der Waals surface area contributed by atoms with E-state index in [0.29, 0.717) is 0 Å².